The minimum atomic E-state index is 0.239. The van der Waals surface area contributed by atoms with Gasteiger partial charge < -0.3 is 25.2 Å². The summed E-state index contributed by atoms with van der Waals surface area (Å²) in [7, 11) is 1.68. The van der Waals surface area contributed by atoms with Crippen LogP contribution < -0.4 is 20.1 Å². The fourth-order valence-electron chi connectivity index (χ4n) is 2.62. The molecule has 0 saturated carbocycles. The van der Waals surface area contributed by atoms with Crippen LogP contribution in [0.15, 0.2) is 48.5 Å². The van der Waals surface area contributed by atoms with Gasteiger partial charge in [-0.05, 0) is 23.8 Å². The maximum atomic E-state index is 8.74. The van der Waals surface area contributed by atoms with Gasteiger partial charge in [-0.1, -0.05) is 30.3 Å². The lowest BCUT2D eigenvalue weighted by atomic mass is 10.1. The number of benzene rings is 2. The highest BCUT2D eigenvalue weighted by Gasteiger charge is 2.07. The monoisotopic (exact) mass is 346 g/mol. The van der Waals surface area contributed by atoms with Crippen molar-refractivity contribution in [1.82, 2.24) is 0 Å². The third kappa shape index (κ3) is 7.13. The Labute approximate surface area is 150 Å². The average Bonchev–Trinajstić information content (AvgIpc) is 2.66. The van der Waals surface area contributed by atoms with Crippen LogP contribution in [0.2, 0.25) is 0 Å². The van der Waals surface area contributed by atoms with E-state index in [1.165, 1.54) is 11.1 Å². The van der Waals surface area contributed by atoms with E-state index in [0.29, 0.717) is 6.61 Å². The van der Waals surface area contributed by atoms with Gasteiger partial charge in [-0.3, -0.25) is 0 Å². The molecule has 0 unspecified atom stereocenters. The minimum absolute atomic E-state index is 0.239. The summed E-state index contributed by atoms with van der Waals surface area (Å²) < 4.78 is 11.4. The molecule has 0 bridgehead atoms. The first-order valence-electron chi connectivity index (χ1n) is 8.91. The van der Waals surface area contributed by atoms with Crippen LogP contribution in [0, 0.1) is 0 Å². The second-order valence-corrected chi connectivity index (χ2v) is 5.94. The molecule has 0 atom stereocenters. The van der Waals surface area contributed by atoms with E-state index in [2.05, 4.69) is 28.8 Å². The van der Waals surface area contributed by atoms with Gasteiger partial charge >= 0.3 is 0 Å². The molecule has 25 heavy (non-hydrogen) atoms. The quantitative estimate of drug-likeness (QED) is 0.471. The number of hydrogen-bond donors (Lipinski definition) is 3. The van der Waals surface area contributed by atoms with E-state index in [9.17, 15) is 0 Å². The van der Waals surface area contributed by atoms with Crippen molar-refractivity contribution >= 4 is 0 Å². The molecule has 0 saturated heterocycles. The summed E-state index contributed by atoms with van der Waals surface area (Å²) in [5.41, 5.74) is 2.49. The molecule has 0 fully saturated rings. The van der Waals surface area contributed by atoms with E-state index in [1.54, 1.807) is 7.11 Å². The van der Waals surface area contributed by atoms with Gasteiger partial charge in [0.2, 0.25) is 0 Å². The van der Waals surface area contributed by atoms with Crippen molar-refractivity contribution in [1.29, 1.82) is 0 Å². The topological polar surface area (TPSA) is 71.9 Å². The Hall–Kier alpha value is -2.08. The molecule has 0 aromatic heterocycles. The first kappa shape index (κ1) is 19.2. The lowest BCUT2D eigenvalue weighted by molar-refractivity contribution is -0.731. The summed E-state index contributed by atoms with van der Waals surface area (Å²) in [6.45, 7) is 4.59. The molecule has 0 aliphatic carbocycles. The van der Waals surface area contributed by atoms with Gasteiger partial charge in [-0.15, -0.1) is 0 Å². The standard InChI is InChI=1S/C20H28N2O3/c1-24-20-15-18(16-22-11-10-21-12-13-23)7-8-19(20)25-14-9-17-5-3-2-4-6-17/h2-8,15,21-23H,9-14,16H2,1H3/p+2. The van der Waals surface area contributed by atoms with Crippen LogP contribution in [0.5, 0.6) is 11.5 Å². The molecule has 2 aromatic rings. The molecule has 0 heterocycles. The van der Waals surface area contributed by atoms with Crippen molar-refractivity contribution in [3.8, 4) is 11.5 Å². The smallest absolute Gasteiger partial charge is 0.161 e. The molecule has 5 N–H and O–H groups in total. The molecule has 0 aliphatic rings. The summed E-state index contributed by atoms with van der Waals surface area (Å²) in [6.07, 6.45) is 0.879. The number of aliphatic hydroxyl groups is 1. The van der Waals surface area contributed by atoms with Crippen molar-refractivity contribution in [3.05, 3.63) is 59.7 Å². The Morgan fingerprint density at radius 3 is 2.44 bits per heavy atom. The number of nitrogens with two attached hydrogens (primary N) is 2. The molecule has 2 rings (SSSR count). The van der Waals surface area contributed by atoms with E-state index in [-0.39, 0.29) is 6.61 Å². The number of methoxy groups -OCH3 is 1. The van der Waals surface area contributed by atoms with Crippen LogP contribution in [0.4, 0.5) is 0 Å². The zero-order valence-corrected chi connectivity index (χ0v) is 15.0. The van der Waals surface area contributed by atoms with Gasteiger partial charge in [0, 0.05) is 12.0 Å². The van der Waals surface area contributed by atoms with Crippen LogP contribution >= 0.6 is 0 Å². The molecule has 5 heteroatoms. The fourth-order valence-corrected chi connectivity index (χ4v) is 2.62. The number of hydrogen-bond acceptors (Lipinski definition) is 3. The zero-order valence-electron chi connectivity index (χ0n) is 15.0. The highest BCUT2D eigenvalue weighted by atomic mass is 16.5. The Bertz CT molecular complexity index is 605. The van der Waals surface area contributed by atoms with Crippen molar-refractivity contribution in [3.63, 3.8) is 0 Å². The van der Waals surface area contributed by atoms with Crippen molar-refractivity contribution in [2.24, 2.45) is 0 Å². The fraction of sp³-hybridized carbons (Fsp3) is 0.400. The molecular weight excluding hydrogens is 316 g/mol. The summed E-state index contributed by atoms with van der Waals surface area (Å²) in [5.74, 6) is 1.57. The first-order chi connectivity index (χ1) is 12.3. The largest absolute Gasteiger partial charge is 0.493 e. The zero-order chi connectivity index (χ0) is 17.7. The maximum absolute atomic E-state index is 8.74. The summed E-state index contributed by atoms with van der Waals surface area (Å²) in [5, 5.41) is 13.1. The molecule has 0 amide bonds. The van der Waals surface area contributed by atoms with Crippen LogP contribution in [0.25, 0.3) is 0 Å². The third-order valence-electron chi connectivity index (χ3n) is 4.01. The predicted molar refractivity (Wildman–Crippen MR) is 97.9 cm³/mol. The molecule has 5 nitrogen and oxygen atoms in total. The predicted octanol–water partition coefficient (Wildman–Crippen LogP) is -0.0642. The Balaban J connectivity index is 1.78. The lowest BCUT2D eigenvalue weighted by Crippen LogP contribution is -2.94. The Morgan fingerprint density at radius 2 is 1.68 bits per heavy atom. The maximum Gasteiger partial charge on any atom is 0.161 e. The van der Waals surface area contributed by atoms with Crippen LogP contribution in [0.3, 0.4) is 0 Å². The van der Waals surface area contributed by atoms with E-state index in [4.69, 9.17) is 14.6 Å². The Morgan fingerprint density at radius 1 is 0.880 bits per heavy atom. The van der Waals surface area contributed by atoms with Crippen molar-refractivity contribution < 1.29 is 25.2 Å². The van der Waals surface area contributed by atoms with E-state index in [1.807, 2.05) is 30.3 Å². The number of quaternary nitrogens is 2. The van der Waals surface area contributed by atoms with Gasteiger partial charge in [0.1, 0.15) is 19.6 Å². The molecular formula is C20H30N2O3+2. The third-order valence-corrected chi connectivity index (χ3v) is 4.01. The lowest BCUT2D eigenvalue weighted by Gasteiger charge is -2.12. The number of aliphatic hydroxyl groups excluding tert-OH is 1. The van der Waals surface area contributed by atoms with E-state index < -0.39 is 0 Å². The van der Waals surface area contributed by atoms with E-state index >= 15 is 0 Å². The molecule has 2 aromatic carbocycles. The second kappa shape index (κ2) is 11.5. The molecule has 0 spiro atoms. The highest BCUT2D eigenvalue weighted by Crippen LogP contribution is 2.27. The second-order valence-electron chi connectivity index (χ2n) is 5.94. The summed E-state index contributed by atoms with van der Waals surface area (Å²) in [4.78, 5) is 0. The number of rotatable bonds is 12. The average molecular weight is 346 g/mol. The van der Waals surface area contributed by atoms with Gasteiger partial charge in [0.15, 0.2) is 11.5 Å². The first-order valence-corrected chi connectivity index (χ1v) is 8.91. The summed E-state index contributed by atoms with van der Waals surface area (Å²) >= 11 is 0. The van der Waals surface area contributed by atoms with Crippen LogP contribution in [0.1, 0.15) is 11.1 Å². The van der Waals surface area contributed by atoms with Gasteiger partial charge in [-0.25, -0.2) is 0 Å². The van der Waals surface area contributed by atoms with Crippen molar-refractivity contribution in [2.45, 2.75) is 13.0 Å². The molecule has 0 radical (unpaired) electrons. The Kier molecular flexibility index (Phi) is 8.83. The van der Waals surface area contributed by atoms with Gasteiger partial charge in [-0.2, -0.15) is 0 Å². The van der Waals surface area contributed by atoms with Crippen LogP contribution in [-0.4, -0.2) is 45.1 Å². The molecule has 0 aliphatic heterocycles. The van der Waals surface area contributed by atoms with Crippen molar-refractivity contribution in [2.75, 3.05) is 40.0 Å². The SMILES string of the molecule is COc1cc(C[NH2+]CC[NH2+]CCO)ccc1OCCc1ccccc1. The minimum Gasteiger partial charge on any atom is -0.493 e. The van der Waals surface area contributed by atoms with Gasteiger partial charge in [0.25, 0.3) is 0 Å². The molecule has 136 valence electrons. The van der Waals surface area contributed by atoms with E-state index in [0.717, 1.165) is 44.1 Å². The van der Waals surface area contributed by atoms with Crippen LogP contribution in [-0.2, 0) is 13.0 Å². The normalized spacial score (nSPS) is 10.6. The van der Waals surface area contributed by atoms with Gasteiger partial charge in [0.05, 0.1) is 26.9 Å². The highest BCUT2D eigenvalue weighted by molar-refractivity contribution is 5.42. The number of ether oxygens (including phenoxy) is 2. The summed E-state index contributed by atoms with van der Waals surface area (Å²) in [6, 6.07) is 16.5.